The predicted octanol–water partition coefficient (Wildman–Crippen LogP) is 3.91. The van der Waals surface area contributed by atoms with Gasteiger partial charge in [0, 0.05) is 0 Å². The van der Waals surface area contributed by atoms with Crippen LogP contribution in [0.25, 0.3) is 0 Å². The number of ether oxygens (including phenoxy) is 1. The van der Waals surface area contributed by atoms with Crippen molar-refractivity contribution >= 4 is 5.97 Å². The Bertz CT molecular complexity index is 364. The van der Waals surface area contributed by atoms with Crippen LogP contribution in [0.5, 0.6) is 0 Å². The SMILES string of the molecule is COC(=O)[C@@H](c1ccccc1)C1CCCCCC1. The van der Waals surface area contributed by atoms with E-state index in [-0.39, 0.29) is 11.9 Å². The van der Waals surface area contributed by atoms with E-state index in [1.165, 1.54) is 32.8 Å². The van der Waals surface area contributed by atoms with Crippen molar-refractivity contribution < 1.29 is 9.53 Å². The molecule has 1 aliphatic carbocycles. The molecule has 1 aromatic carbocycles. The summed E-state index contributed by atoms with van der Waals surface area (Å²) in [6, 6.07) is 10.1. The van der Waals surface area contributed by atoms with Gasteiger partial charge in [0.1, 0.15) is 0 Å². The maximum atomic E-state index is 12.1. The average Bonchev–Trinajstić information content (AvgIpc) is 2.69. The zero-order chi connectivity index (χ0) is 12.8. The van der Waals surface area contributed by atoms with Gasteiger partial charge < -0.3 is 4.74 Å². The summed E-state index contributed by atoms with van der Waals surface area (Å²) in [6.45, 7) is 0. The summed E-state index contributed by atoms with van der Waals surface area (Å²) in [5.74, 6) is 0.296. The lowest BCUT2D eigenvalue weighted by molar-refractivity contribution is -0.144. The van der Waals surface area contributed by atoms with Crippen molar-refractivity contribution in [3.8, 4) is 0 Å². The predicted molar refractivity (Wildman–Crippen MR) is 72.4 cm³/mol. The summed E-state index contributed by atoms with van der Waals surface area (Å²) in [5.41, 5.74) is 1.11. The lowest BCUT2D eigenvalue weighted by Crippen LogP contribution is -2.23. The highest BCUT2D eigenvalue weighted by molar-refractivity contribution is 5.78. The van der Waals surface area contributed by atoms with E-state index in [0.717, 1.165) is 18.4 Å². The second-order valence-electron chi connectivity index (χ2n) is 5.16. The molecule has 0 aromatic heterocycles. The van der Waals surface area contributed by atoms with Crippen LogP contribution < -0.4 is 0 Å². The maximum absolute atomic E-state index is 12.1. The molecule has 1 saturated carbocycles. The summed E-state index contributed by atoms with van der Waals surface area (Å²) < 4.78 is 5.02. The lowest BCUT2D eigenvalue weighted by atomic mass is 9.81. The third-order valence-corrected chi connectivity index (χ3v) is 3.99. The second kappa shape index (κ2) is 6.58. The molecule has 1 atom stereocenters. The van der Waals surface area contributed by atoms with E-state index in [1.54, 1.807) is 0 Å². The number of carbonyl (C=O) groups excluding carboxylic acids is 1. The summed E-state index contributed by atoms with van der Waals surface area (Å²) >= 11 is 0. The molecule has 2 rings (SSSR count). The van der Waals surface area contributed by atoms with Crippen molar-refractivity contribution in [2.75, 3.05) is 7.11 Å². The molecular weight excluding hydrogens is 224 g/mol. The first kappa shape index (κ1) is 13.1. The monoisotopic (exact) mass is 246 g/mol. The quantitative estimate of drug-likeness (QED) is 0.597. The number of rotatable bonds is 3. The van der Waals surface area contributed by atoms with Gasteiger partial charge in [-0.05, 0) is 24.3 Å². The van der Waals surface area contributed by atoms with Crippen molar-refractivity contribution in [3.05, 3.63) is 35.9 Å². The minimum absolute atomic E-state index is 0.0747. The minimum Gasteiger partial charge on any atom is -0.469 e. The first-order valence-electron chi connectivity index (χ1n) is 6.95. The molecule has 0 radical (unpaired) electrons. The Kier molecular flexibility index (Phi) is 4.80. The number of carbonyl (C=O) groups is 1. The zero-order valence-electron chi connectivity index (χ0n) is 11.1. The van der Waals surface area contributed by atoms with E-state index < -0.39 is 0 Å². The molecule has 0 saturated heterocycles. The smallest absolute Gasteiger partial charge is 0.313 e. The fraction of sp³-hybridized carbons (Fsp3) is 0.562. The number of esters is 1. The van der Waals surface area contributed by atoms with Crippen LogP contribution in [-0.4, -0.2) is 13.1 Å². The lowest BCUT2D eigenvalue weighted by Gasteiger charge is -2.24. The molecule has 0 aliphatic heterocycles. The Morgan fingerprint density at radius 1 is 1.11 bits per heavy atom. The van der Waals surface area contributed by atoms with Crippen LogP contribution in [-0.2, 0) is 9.53 Å². The van der Waals surface area contributed by atoms with E-state index in [9.17, 15) is 4.79 Å². The molecule has 0 heterocycles. The van der Waals surface area contributed by atoms with E-state index in [0.29, 0.717) is 5.92 Å². The largest absolute Gasteiger partial charge is 0.469 e. The second-order valence-corrected chi connectivity index (χ2v) is 5.16. The highest BCUT2D eigenvalue weighted by atomic mass is 16.5. The summed E-state index contributed by atoms with van der Waals surface area (Å²) in [7, 11) is 1.50. The van der Waals surface area contributed by atoms with Crippen molar-refractivity contribution in [1.82, 2.24) is 0 Å². The van der Waals surface area contributed by atoms with Gasteiger partial charge >= 0.3 is 5.97 Å². The van der Waals surface area contributed by atoms with Gasteiger partial charge in [-0.3, -0.25) is 4.79 Å². The molecule has 1 aromatic rings. The first-order valence-corrected chi connectivity index (χ1v) is 6.95. The summed E-state index contributed by atoms with van der Waals surface area (Å²) in [4.78, 5) is 12.1. The van der Waals surface area contributed by atoms with Crippen LogP contribution in [0.1, 0.15) is 50.0 Å². The van der Waals surface area contributed by atoms with Crippen molar-refractivity contribution in [2.45, 2.75) is 44.4 Å². The Morgan fingerprint density at radius 3 is 2.28 bits per heavy atom. The van der Waals surface area contributed by atoms with Gasteiger partial charge in [0.05, 0.1) is 13.0 Å². The molecule has 0 amide bonds. The van der Waals surface area contributed by atoms with Gasteiger partial charge in [0.15, 0.2) is 0 Å². The topological polar surface area (TPSA) is 26.3 Å². The van der Waals surface area contributed by atoms with E-state index >= 15 is 0 Å². The molecule has 0 spiro atoms. The number of hydrogen-bond acceptors (Lipinski definition) is 2. The van der Waals surface area contributed by atoms with Gasteiger partial charge in [-0.1, -0.05) is 56.0 Å². The molecule has 0 unspecified atom stereocenters. The molecular formula is C16H22O2. The van der Waals surface area contributed by atoms with Crippen LogP contribution in [0.2, 0.25) is 0 Å². The Hall–Kier alpha value is -1.31. The van der Waals surface area contributed by atoms with Crippen LogP contribution in [0.15, 0.2) is 30.3 Å². The molecule has 1 fully saturated rings. The van der Waals surface area contributed by atoms with E-state index in [1.807, 2.05) is 30.3 Å². The Morgan fingerprint density at radius 2 is 1.72 bits per heavy atom. The standard InChI is InChI=1S/C16H22O2/c1-18-16(17)15(14-11-7-4-8-12-14)13-9-5-2-3-6-10-13/h4,7-8,11-13,15H,2-3,5-6,9-10H2,1H3/t15-/m1/s1. The van der Waals surface area contributed by atoms with Crippen LogP contribution in [0, 0.1) is 5.92 Å². The molecule has 2 nitrogen and oxygen atoms in total. The van der Waals surface area contributed by atoms with Crippen molar-refractivity contribution in [2.24, 2.45) is 5.92 Å². The normalized spacial score (nSPS) is 18.9. The van der Waals surface area contributed by atoms with Crippen LogP contribution >= 0.6 is 0 Å². The molecule has 1 aliphatic rings. The maximum Gasteiger partial charge on any atom is 0.313 e. The van der Waals surface area contributed by atoms with Gasteiger partial charge in [-0.2, -0.15) is 0 Å². The Balaban J connectivity index is 2.21. The summed E-state index contributed by atoms with van der Waals surface area (Å²) in [6.07, 6.45) is 7.39. The molecule has 2 heteroatoms. The van der Waals surface area contributed by atoms with Gasteiger partial charge in [-0.25, -0.2) is 0 Å². The van der Waals surface area contributed by atoms with Crippen LogP contribution in [0.3, 0.4) is 0 Å². The summed E-state index contributed by atoms with van der Waals surface area (Å²) in [5, 5.41) is 0. The minimum atomic E-state index is -0.0758. The van der Waals surface area contributed by atoms with Crippen molar-refractivity contribution in [1.29, 1.82) is 0 Å². The average molecular weight is 246 g/mol. The number of hydrogen-bond donors (Lipinski definition) is 0. The van der Waals surface area contributed by atoms with E-state index in [2.05, 4.69) is 0 Å². The fourth-order valence-electron chi connectivity index (χ4n) is 3.03. The zero-order valence-corrected chi connectivity index (χ0v) is 11.1. The molecule has 18 heavy (non-hydrogen) atoms. The van der Waals surface area contributed by atoms with Gasteiger partial charge in [-0.15, -0.1) is 0 Å². The number of methoxy groups -OCH3 is 1. The van der Waals surface area contributed by atoms with Crippen molar-refractivity contribution in [3.63, 3.8) is 0 Å². The van der Waals surface area contributed by atoms with Crippen LogP contribution in [0.4, 0.5) is 0 Å². The van der Waals surface area contributed by atoms with Gasteiger partial charge in [0.25, 0.3) is 0 Å². The Labute approximate surface area is 109 Å². The molecule has 98 valence electrons. The third kappa shape index (κ3) is 3.12. The fourth-order valence-corrected chi connectivity index (χ4v) is 3.03. The highest BCUT2D eigenvalue weighted by Crippen LogP contribution is 2.35. The molecule has 0 N–H and O–H groups in total. The first-order chi connectivity index (χ1) is 8.83. The third-order valence-electron chi connectivity index (χ3n) is 3.99. The molecule has 0 bridgehead atoms. The highest BCUT2D eigenvalue weighted by Gasteiger charge is 2.30. The van der Waals surface area contributed by atoms with E-state index in [4.69, 9.17) is 4.74 Å². The number of benzene rings is 1. The van der Waals surface area contributed by atoms with Gasteiger partial charge in [0.2, 0.25) is 0 Å².